The van der Waals surface area contributed by atoms with E-state index < -0.39 is 0 Å². The number of piperazine rings is 1. The standard InChI is InChI=1S/C13H24N4/c1-4-13(2,3)17-8-5-12(15-17)11-16-9-6-14-7-10-16/h5,8,14H,4,6-7,9-11H2,1-3H3. The van der Waals surface area contributed by atoms with Gasteiger partial charge in [-0.3, -0.25) is 9.58 Å². The van der Waals surface area contributed by atoms with Crippen LogP contribution in [0.25, 0.3) is 0 Å². The van der Waals surface area contributed by atoms with E-state index >= 15 is 0 Å². The summed E-state index contributed by atoms with van der Waals surface area (Å²) in [6, 6.07) is 2.15. The van der Waals surface area contributed by atoms with Gasteiger partial charge in [-0.1, -0.05) is 6.92 Å². The van der Waals surface area contributed by atoms with Gasteiger partial charge in [0.15, 0.2) is 0 Å². The van der Waals surface area contributed by atoms with Gasteiger partial charge in [-0.2, -0.15) is 5.10 Å². The summed E-state index contributed by atoms with van der Waals surface area (Å²) in [4.78, 5) is 2.46. The van der Waals surface area contributed by atoms with Crippen LogP contribution in [0.3, 0.4) is 0 Å². The van der Waals surface area contributed by atoms with Crippen molar-refractivity contribution in [3.05, 3.63) is 18.0 Å². The van der Waals surface area contributed by atoms with Gasteiger partial charge in [0.1, 0.15) is 0 Å². The van der Waals surface area contributed by atoms with Gasteiger partial charge in [0.05, 0.1) is 11.2 Å². The molecule has 17 heavy (non-hydrogen) atoms. The van der Waals surface area contributed by atoms with E-state index in [9.17, 15) is 0 Å². The molecule has 0 unspecified atom stereocenters. The van der Waals surface area contributed by atoms with Crippen molar-refractivity contribution in [2.75, 3.05) is 26.2 Å². The van der Waals surface area contributed by atoms with E-state index in [-0.39, 0.29) is 5.54 Å². The first-order valence-electron chi connectivity index (χ1n) is 6.60. The van der Waals surface area contributed by atoms with Gasteiger partial charge in [0.2, 0.25) is 0 Å². The molecule has 1 fully saturated rings. The van der Waals surface area contributed by atoms with Gasteiger partial charge in [0.25, 0.3) is 0 Å². The van der Waals surface area contributed by atoms with Crippen LogP contribution < -0.4 is 5.32 Å². The molecule has 1 saturated heterocycles. The fourth-order valence-corrected chi connectivity index (χ4v) is 2.04. The number of nitrogens with zero attached hydrogens (tertiary/aromatic N) is 3. The van der Waals surface area contributed by atoms with Crippen molar-refractivity contribution >= 4 is 0 Å². The quantitative estimate of drug-likeness (QED) is 0.858. The molecule has 0 atom stereocenters. The maximum Gasteiger partial charge on any atom is 0.0765 e. The number of nitrogens with one attached hydrogen (secondary N) is 1. The maximum absolute atomic E-state index is 4.70. The summed E-state index contributed by atoms with van der Waals surface area (Å²) in [7, 11) is 0. The van der Waals surface area contributed by atoms with Crippen LogP contribution >= 0.6 is 0 Å². The molecule has 1 aliphatic heterocycles. The van der Waals surface area contributed by atoms with Crippen molar-refractivity contribution in [1.82, 2.24) is 20.0 Å². The summed E-state index contributed by atoms with van der Waals surface area (Å²) < 4.78 is 2.10. The highest BCUT2D eigenvalue weighted by Gasteiger charge is 2.19. The van der Waals surface area contributed by atoms with E-state index in [0.29, 0.717) is 0 Å². The second-order valence-corrected chi connectivity index (χ2v) is 5.44. The molecule has 0 radical (unpaired) electrons. The minimum Gasteiger partial charge on any atom is -0.314 e. The fourth-order valence-electron chi connectivity index (χ4n) is 2.04. The molecule has 2 heterocycles. The Labute approximate surface area is 104 Å². The first-order chi connectivity index (χ1) is 8.12. The lowest BCUT2D eigenvalue weighted by atomic mass is 10.0. The van der Waals surface area contributed by atoms with E-state index in [1.807, 2.05) is 0 Å². The molecule has 0 aromatic carbocycles. The summed E-state index contributed by atoms with van der Waals surface area (Å²) in [5, 5.41) is 8.07. The number of hydrogen-bond acceptors (Lipinski definition) is 3. The fraction of sp³-hybridized carbons (Fsp3) is 0.769. The smallest absolute Gasteiger partial charge is 0.0765 e. The minimum atomic E-state index is 0.127. The SMILES string of the molecule is CCC(C)(C)n1ccc(CN2CCNCC2)n1. The van der Waals surface area contributed by atoms with Gasteiger partial charge in [0, 0.05) is 38.9 Å². The van der Waals surface area contributed by atoms with Crippen LogP contribution in [0.5, 0.6) is 0 Å². The van der Waals surface area contributed by atoms with Crippen molar-refractivity contribution in [3.63, 3.8) is 0 Å². The molecule has 2 rings (SSSR count). The average Bonchev–Trinajstić information content (AvgIpc) is 2.80. The van der Waals surface area contributed by atoms with Crippen LogP contribution in [0.2, 0.25) is 0 Å². The van der Waals surface area contributed by atoms with Crippen molar-refractivity contribution in [2.45, 2.75) is 39.3 Å². The zero-order valence-corrected chi connectivity index (χ0v) is 11.2. The van der Waals surface area contributed by atoms with Crippen molar-refractivity contribution in [1.29, 1.82) is 0 Å². The third-order valence-corrected chi connectivity index (χ3v) is 3.72. The molecule has 0 saturated carbocycles. The first-order valence-corrected chi connectivity index (χ1v) is 6.60. The van der Waals surface area contributed by atoms with Gasteiger partial charge in [-0.05, 0) is 26.3 Å². The molecule has 1 aromatic heterocycles. The molecule has 0 aliphatic carbocycles. The molecule has 1 aliphatic rings. The lowest BCUT2D eigenvalue weighted by Gasteiger charge is -2.26. The second kappa shape index (κ2) is 5.19. The minimum absolute atomic E-state index is 0.127. The summed E-state index contributed by atoms with van der Waals surface area (Å²) in [5.74, 6) is 0. The average molecular weight is 236 g/mol. The van der Waals surface area contributed by atoms with Crippen molar-refractivity contribution in [3.8, 4) is 0 Å². The van der Waals surface area contributed by atoms with Gasteiger partial charge in [-0.25, -0.2) is 0 Å². The maximum atomic E-state index is 4.70. The van der Waals surface area contributed by atoms with Crippen molar-refractivity contribution < 1.29 is 0 Å². The molecule has 96 valence electrons. The third kappa shape index (κ3) is 3.07. The third-order valence-electron chi connectivity index (χ3n) is 3.72. The molecule has 0 bridgehead atoms. The molecule has 4 nitrogen and oxygen atoms in total. The highest BCUT2D eigenvalue weighted by atomic mass is 15.3. The highest BCUT2D eigenvalue weighted by molar-refractivity contribution is 5.01. The lowest BCUT2D eigenvalue weighted by molar-refractivity contribution is 0.227. The monoisotopic (exact) mass is 236 g/mol. The predicted molar refractivity (Wildman–Crippen MR) is 70.0 cm³/mol. The summed E-state index contributed by atoms with van der Waals surface area (Å²) >= 11 is 0. The molecule has 4 heteroatoms. The zero-order chi connectivity index (χ0) is 12.3. The van der Waals surface area contributed by atoms with Crippen molar-refractivity contribution in [2.24, 2.45) is 0 Å². The Bertz CT molecular complexity index is 350. The number of rotatable bonds is 4. The first kappa shape index (κ1) is 12.6. The van der Waals surface area contributed by atoms with E-state index in [0.717, 1.165) is 39.1 Å². The van der Waals surface area contributed by atoms with Gasteiger partial charge < -0.3 is 5.32 Å². The summed E-state index contributed by atoms with van der Waals surface area (Å²) in [5.41, 5.74) is 1.32. The molecular weight excluding hydrogens is 212 g/mol. The Hall–Kier alpha value is -0.870. The molecule has 0 amide bonds. The number of aromatic nitrogens is 2. The summed E-state index contributed by atoms with van der Waals surface area (Å²) in [6.07, 6.45) is 3.21. The van der Waals surface area contributed by atoms with E-state index in [1.165, 1.54) is 5.69 Å². The van der Waals surface area contributed by atoms with Crippen LogP contribution in [0.15, 0.2) is 12.3 Å². The molecule has 1 aromatic rings. The second-order valence-electron chi connectivity index (χ2n) is 5.44. The van der Waals surface area contributed by atoms with E-state index in [1.54, 1.807) is 0 Å². The van der Waals surface area contributed by atoms with Gasteiger partial charge >= 0.3 is 0 Å². The Morgan fingerprint density at radius 3 is 2.71 bits per heavy atom. The van der Waals surface area contributed by atoms with E-state index in [2.05, 4.69) is 47.9 Å². The number of hydrogen-bond donors (Lipinski definition) is 1. The molecule has 0 spiro atoms. The van der Waals surface area contributed by atoms with Gasteiger partial charge in [-0.15, -0.1) is 0 Å². The Morgan fingerprint density at radius 1 is 1.35 bits per heavy atom. The van der Waals surface area contributed by atoms with E-state index in [4.69, 9.17) is 5.10 Å². The van der Waals surface area contributed by atoms with Crippen LogP contribution in [0.4, 0.5) is 0 Å². The Balaban J connectivity index is 1.98. The Kier molecular flexibility index (Phi) is 3.84. The normalized spacial score (nSPS) is 18.5. The largest absolute Gasteiger partial charge is 0.314 e. The molecule has 1 N–H and O–H groups in total. The molecular formula is C13H24N4. The zero-order valence-electron chi connectivity index (χ0n) is 11.2. The topological polar surface area (TPSA) is 33.1 Å². The summed E-state index contributed by atoms with van der Waals surface area (Å²) in [6.45, 7) is 12.1. The van der Waals surface area contributed by atoms with Crippen LogP contribution in [-0.2, 0) is 12.1 Å². The Morgan fingerprint density at radius 2 is 2.06 bits per heavy atom. The van der Waals surface area contributed by atoms with Crippen LogP contribution in [0.1, 0.15) is 32.9 Å². The van der Waals surface area contributed by atoms with Crippen LogP contribution in [0, 0.1) is 0 Å². The predicted octanol–water partition coefficient (Wildman–Crippen LogP) is 1.43. The van der Waals surface area contributed by atoms with Crippen LogP contribution in [-0.4, -0.2) is 40.9 Å². The highest BCUT2D eigenvalue weighted by Crippen LogP contribution is 2.18. The lowest BCUT2D eigenvalue weighted by Crippen LogP contribution is -2.43.